The van der Waals surface area contributed by atoms with Crippen molar-refractivity contribution in [3.8, 4) is 0 Å². The highest BCUT2D eigenvalue weighted by Crippen LogP contribution is 2.18. The number of benzene rings is 2. The molecule has 3 aromatic rings. The normalized spacial score (nSPS) is 15.0. The highest BCUT2D eigenvalue weighted by Gasteiger charge is 2.21. The number of sulfonamides is 1. The third-order valence-electron chi connectivity index (χ3n) is 5.64. The number of aldehydes is 1. The molecule has 1 saturated carbocycles. The number of carbonyl (C=O) groups is 2. The van der Waals surface area contributed by atoms with E-state index in [1.54, 1.807) is 25.1 Å². The predicted molar refractivity (Wildman–Crippen MR) is 129 cm³/mol. The number of aromatic nitrogens is 2. The Labute approximate surface area is 198 Å². The monoisotopic (exact) mass is 484 g/mol. The SMILES string of the molecule is CC(C=O)c1ccc(S(=O)(=O)NC(=O)NC2CCCCC2)cc1.O=c1[nH]cnc2ccccc12. The Bertz CT molecular complexity index is 1280. The van der Waals surface area contributed by atoms with Gasteiger partial charge in [0.25, 0.3) is 15.6 Å². The Morgan fingerprint density at radius 2 is 1.76 bits per heavy atom. The molecule has 1 unspecified atom stereocenters. The molecule has 0 saturated heterocycles. The van der Waals surface area contributed by atoms with Gasteiger partial charge in [-0.05, 0) is 42.7 Å². The molecule has 1 aliphatic carbocycles. The molecule has 1 atom stereocenters. The highest BCUT2D eigenvalue weighted by molar-refractivity contribution is 7.90. The molecule has 2 aromatic carbocycles. The molecule has 10 heteroatoms. The number of H-pyrrole nitrogens is 1. The summed E-state index contributed by atoms with van der Waals surface area (Å²) in [7, 11) is -3.91. The van der Waals surface area contributed by atoms with Crippen molar-refractivity contribution in [3.63, 3.8) is 0 Å². The van der Waals surface area contributed by atoms with Crippen LogP contribution in [0.5, 0.6) is 0 Å². The molecular formula is C24H28N4O5S. The summed E-state index contributed by atoms with van der Waals surface area (Å²) in [6.45, 7) is 1.73. The molecule has 0 radical (unpaired) electrons. The van der Waals surface area contributed by atoms with Gasteiger partial charge in [-0.25, -0.2) is 22.9 Å². The number of carbonyl (C=O) groups excluding carboxylic acids is 2. The number of nitrogens with one attached hydrogen (secondary N) is 3. The maximum absolute atomic E-state index is 12.2. The molecule has 0 spiro atoms. The molecule has 1 aromatic heterocycles. The second-order valence-electron chi connectivity index (χ2n) is 8.16. The molecule has 3 N–H and O–H groups in total. The van der Waals surface area contributed by atoms with Gasteiger partial charge in [0, 0.05) is 12.0 Å². The molecule has 4 rings (SSSR count). The van der Waals surface area contributed by atoms with Crippen molar-refractivity contribution in [1.82, 2.24) is 20.0 Å². The lowest BCUT2D eigenvalue weighted by atomic mass is 9.96. The molecule has 1 heterocycles. The van der Waals surface area contributed by atoms with Crippen LogP contribution in [-0.2, 0) is 14.8 Å². The van der Waals surface area contributed by atoms with Crippen LogP contribution in [0.2, 0.25) is 0 Å². The van der Waals surface area contributed by atoms with Crippen LogP contribution in [-0.4, -0.2) is 36.7 Å². The maximum atomic E-state index is 12.2. The summed E-state index contributed by atoms with van der Waals surface area (Å²) >= 11 is 0. The minimum absolute atomic E-state index is 0.00172. The summed E-state index contributed by atoms with van der Waals surface area (Å²) in [4.78, 5) is 40.2. The van der Waals surface area contributed by atoms with Crippen molar-refractivity contribution in [3.05, 3.63) is 70.8 Å². The van der Waals surface area contributed by atoms with Gasteiger partial charge in [0.05, 0.1) is 22.1 Å². The number of rotatable bonds is 5. The van der Waals surface area contributed by atoms with Gasteiger partial charge < -0.3 is 15.1 Å². The van der Waals surface area contributed by atoms with Gasteiger partial charge in [0.2, 0.25) is 0 Å². The van der Waals surface area contributed by atoms with Crippen LogP contribution in [0, 0.1) is 0 Å². The molecule has 34 heavy (non-hydrogen) atoms. The van der Waals surface area contributed by atoms with Crippen molar-refractivity contribution in [2.75, 3.05) is 0 Å². The molecule has 2 amide bonds. The highest BCUT2D eigenvalue weighted by atomic mass is 32.2. The van der Waals surface area contributed by atoms with Gasteiger partial charge in [-0.3, -0.25) is 4.79 Å². The van der Waals surface area contributed by atoms with E-state index in [1.807, 2.05) is 22.9 Å². The van der Waals surface area contributed by atoms with Crippen LogP contribution in [0.15, 0.2) is 64.5 Å². The number of aromatic amines is 1. The zero-order valence-electron chi connectivity index (χ0n) is 18.9. The number of hydrogen-bond donors (Lipinski definition) is 3. The van der Waals surface area contributed by atoms with Gasteiger partial charge in [0.1, 0.15) is 6.29 Å². The van der Waals surface area contributed by atoms with Crippen molar-refractivity contribution in [1.29, 1.82) is 0 Å². The van der Waals surface area contributed by atoms with Gasteiger partial charge in [-0.15, -0.1) is 0 Å². The van der Waals surface area contributed by atoms with E-state index in [-0.39, 0.29) is 22.4 Å². The Morgan fingerprint density at radius 3 is 2.41 bits per heavy atom. The smallest absolute Gasteiger partial charge is 0.328 e. The van der Waals surface area contributed by atoms with Crippen molar-refractivity contribution in [2.45, 2.75) is 55.9 Å². The number of nitrogens with zero attached hydrogens (tertiary/aromatic N) is 1. The standard InChI is InChI=1S/C16H22N2O4S.C8H6N2O/c1-12(11-19)13-7-9-15(10-8-13)23(21,22)18-16(20)17-14-5-3-2-4-6-14;11-8-6-3-1-2-4-7(6)9-5-10-8/h7-12,14H,2-6H2,1H3,(H2,17,18,20);1-5H,(H,9,10,11). The lowest BCUT2D eigenvalue weighted by molar-refractivity contribution is -0.108. The number of amides is 2. The van der Waals surface area contributed by atoms with E-state index in [4.69, 9.17) is 0 Å². The lowest BCUT2D eigenvalue weighted by Crippen LogP contribution is -2.45. The Hall–Kier alpha value is -3.53. The number of urea groups is 1. The van der Waals surface area contributed by atoms with E-state index in [2.05, 4.69) is 15.3 Å². The minimum atomic E-state index is -3.91. The predicted octanol–water partition coefficient (Wildman–Crippen LogP) is 3.23. The first-order chi connectivity index (χ1) is 16.3. The van der Waals surface area contributed by atoms with Gasteiger partial charge in [0.15, 0.2) is 0 Å². The molecule has 1 aliphatic rings. The number of para-hydroxylation sites is 1. The molecule has 1 fully saturated rings. The average Bonchev–Trinajstić information content (AvgIpc) is 2.84. The van der Waals surface area contributed by atoms with E-state index in [0.717, 1.165) is 49.5 Å². The molecule has 180 valence electrons. The summed E-state index contributed by atoms with van der Waals surface area (Å²) in [5, 5.41) is 3.34. The van der Waals surface area contributed by atoms with Crippen LogP contribution in [0.25, 0.3) is 10.9 Å². The van der Waals surface area contributed by atoms with Crippen molar-refractivity contribution < 1.29 is 18.0 Å². The van der Waals surface area contributed by atoms with Gasteiger partial charge in [-0.1, -0.05) is 50.5 Å². The summed E-state index contributed by atoms with van der Waals surface area (Å²) < 4.78 is 26.4. The summed E-state index contributed by atoms with van der Waals surface area (Å²) in [5.74, 6) is -0.297. The third kappa shape index (κ3) is 6.74. The molecule has 0 bridgehead atoms. The molecular weight excluding hydrogens is 456 g/mol. The van der Waals surface area contributed by atoms with E-state index in [0.29, 0.717) is 5.39 Å². The summed E-state index contributed by atoms with van der Waals surface area (Å²) in [6.07, 6.45) is 7.22. The topological polar surface area (TPSA) is 138 Å². The first kappa shape index (κ1) is 25.1. The Kier molecular flexibility index (Phi) is 8.53. The van der Waals surface area contributed by atoms with E-state index >= 15 is 0 Å². The van der Waals surface area contributed by atoms with Crippen LogP contribution in [0.1, 0.15) is 50.5 Å². The quantitative estimate of drug-likeness (QED) is 0.475. The summed E-state index contributed by atoms with van der Waals surface area (Å²) in [6, 6.07) is 12.5. The fourth-order valence-electron chi connectivity index (χ4n) is 3.69. The van der Waals surface area contributed by atoms with Crippen LogP contribution >= 0.6 is 0 Å². The maximum Gasteiger partial charge on any atom is 0.328 e. The fourth-order valence-corrected chi connectivity index (χ4v) is 4.60. The van der Waals surface area contributed by atoms with Gasteiger partial charge >= 0.3 is 6.03 Å². The largest absolute Gasteiger partial charge is 0.335 e. The van der Waals surface area contributed by atoms with Crippen LogP contribution in [0.3, 0.4) is 0 Å². The second-order valence-corrected chi connectivity index (χ2v) is 9.84. The lowest BCUT2D eigenvalue weighted by Gasteiger charge is -2.22. The zero-order valence-corrected chi connectivity index (χ0v) is 19.7. The van der Waals surface area contributed by atoms with Crippen molar-refractivity contribution >= 4 is 33.2 Å². The first-order valence-corrected chi connectivity index (χ1v) is 12.6. The molecule has 0 aliphatic heterocycles. The van der Waals surface area contributed by atoms with Gasteiger partial charge in [-0.2, -0.15) is 0 Å². The minimum Gasteiger partial charge on any atom is -0.335 e. The third-order valence-corrected chi connectivity index (χ3v) is 6.98. The second kappa shape index (κ2) is 11.6. The first-order valence-electron chi connectivity index (χ1n) is 11.1. The van der Waals surface area contributed by atoms with E-state index in [1.165, 1.54) is 18.5 Å². The number of hydrogen-bond acceptors (Lipinski definition) is 6. The van der Waals surface area contributed by atoms with Crippen LogP contribution < -0.4 is 15.6 Å². The van der Waals surface area contributed by atoms with Crippen LogP contribution in [0.4, 0.5) is 4.79 Å². The zero-order chi connectivity index (χ0) is 24.6. The molecule has 9 nitrogen and oxygen atoms in total. The number of fused-ring (bicyclic) bond motifs is 1. The Balaban J connectivity index is 0.000000243. The van der Waals surface area contributed by atoms with Crippen molar-refractivity contribution in [2.24, 2.45) is 0 Å². The Morgan fingerprint density at radius 1 is 1.09 bits per heavy atom. The van der Waals surface area contributed by atoms with E-state index in [9.17, 15) is 22.8 Å². The summed E-state index contributed by atoms with van der Waals surface area (Å²) in [5.41, 5.74) is 1.37. The fraction of sp³-hybridized carbons (Fsp3) is 0.333. The average molecular weight is 485 g/mol. The van der Waals surface area contributed by atoms with E-state index < -0.39 is 16.1 Å².